The maximum atomic E-state index is 14.9. The molecule has 0 atom stereocenters. The second kappa shape index (κ2) is 8.84. The van der Waals surface area contributed by atoms with E-state index in [1.807, 2.05) is 49.5 Å². The summed E-state index contributed by atoms with van der Waals surface area (Å²) < 4.78 is 16.5. The average Bonchev–Trinajstić information content (AvgIpc) is 2.70. The van der Waals surface area contributed by atoms with Crippen LogP contribution in [-0.4, -0.2) is 51.1 Å². The molecule has 28 heavy (non-hydrogen) atoms. The van der Waals surface area contributed by atoms with Gasteiger partial charge >= 0.3 is 0 Å². The molecule has 1 N–H and O–H groups in total. The summed E-state index contributed by atoms with van der Waals surface area (Å²) in [4.78, 5) is 19.7. The van der Waals surface area contributed by atoms with E-state index < -0.39 is 5.82 Å². The number of pyridine rings is 1. The Balaban J connectivity index is 1.99. The Bertz CT molecular complexity index is 899. The molecular formula is C21H26FN5O. The van der Waals surface area contributed by atoms with E-state index in [1.54, 1.807) is 11.6 Å². The molecule has 6 nitrogen and oxygen atoms in total. The topological polar surface area (TPSA) is 52.9 Å². The number of aldehydes is 1. The fourth-order valence-corrected chi connectivity index (χ4v) is 3.19. The summed E-state index contributed by atoms with van der Waals surface area (Å²) in [6, 6.07) is 9.14. The molecule has 1 aromatic carbocycles. The van der Waals surface area contributed by atoms with Gasteiger partial charge in [-0.05, 0) is 12.1 Å². The van der Waals surface area contributed by atoms with Crippen molar-refractivity contribution in [3.63, 3.8) is 0 Å². The first kappa shape index (κ1) is 19.8. The third kappa shape index (κ3) is 4.48. The molecule has 1 aromatic heterocycles. The largest absolute Gasteiger partial charge is 0.378 e. The number of aromatic nitrogens is 1. The number of nitrogens with one attached hydrogen (secondary N) is 1. The lowest BCUT2D eigenvalue weighted by Crippen LogP contribution is -2.44. The highest BCUT2D eigenvalue weighted by Crippen LogP contribution is 2.20. The highest BCUT2D eigenvalue weighted by Gasteiger charge is 2.13. The Labute approximate surface area is 164 Å². The van der Waals surface area contributed by atoms with Crippen LogP contribution in [0.5, 0.6) is 0 Å². The van der Waals surface area contributed by atoms with Gasteiger partial charge in [-0.1, -0.05) is 12.1 Å². The van der Waals surface area contributed by atoms with Crippen molar-refractivity contribution in [3.05, 3.63) is 59.5 Å². The minimum atomic E-state index is -0.416. The first-order valence-corrected chi connectivity index (χ1v) is 9.29. The van der Waals surface area contributed by atoms with E-state index in [2.05, 4.69) is 15.2 Å². The van der Waals surface area contributed by atoms with Crippen molar-refractivity contribution in [3.8, 4) is 0 Å². The number of aryl methyl sites for hydroxylation is 1. The van der Waals surface area contributed by atoms with Crippen LogP contribution in [-0.2, 0) is 11.8 Å². The Morgan fingerprint density at radius 3 is 2.46 bits per heavy atom. The van der Waals surface area contributed by atoms with Crippen molar-refractivity contribution in [1.29, 1.82) is 0 Å². The zero-order chi connectivity index (χ0) is 20.1. The van der Waals surface area contributed by atoms with E-state index in [1.165, 1.54) is 12.1 Å². The second-order valence-electron chi connectivity index (χ2n) is 6.96. The van der Waals surface area contributed by atoms with Crippen LogP contribution in [0, 0.1) is 5.82 Å². The number of carbonyl (C=O) groups is 1. The minimum absolute atomic E-state index is 0.184. The van der Waals surface area contributed by atoms with Crippen LogP contribution in [0.25, 0.3) is 5.70 Å². The molecule has 2 heterocycles. The summed E-state index contributed by atoms with van der Waals surface area (Å²) in [7, 11) is 5.68. The lowest BCUT2D eigenvalue weighted by Gasteiger charge is -2.29. The number of piperazine rings is 1. The van der Waals surface area contributed by atoms with Gasteiger partial charge in [-0.3, -0.25) is 4.79 Å². The Morgan fingerprint density at radius 1 is 1.21 bits per heavy atom. The standard InChI is InChI=1S/C21H26FN5O/c1-25(2)17-6-4-16(5-7-17)20(8-13-28)24-21-19(22)14-18(15-26(21)3)27-11-9-23-10-12-27/h4-8,13-15,23H,9-12H2,1-3H3/b20-8-,24-21?. The summed E-state index contributed by atoms with van der Waals surface area (Å²) in [5.41, 5.74) is 3.22. The van der Waals surface area contributed by atoms with Crippen molar-refractivity contribution in [1.82, 2.24) is 9.88 Å². The van der Waals surface area contributed by atoms with Crippen LogP contribution in [0.2, 0.25) is 0 Å². The minimum Gasteiger partial charge on any atom is -0.378 e. The van der Waals surface area contributed by atoms with Crippen LogP contribution in [0.1, 0.15) is 5.56 Å². The molecule has 0 unspecified atom stereocenters. The van der Waals surface area contributed by atoms with Crippen LogP contribution < -0.4 is 20.6 Å². The van der Waals surface area contributed by atoms with Gasteiger partial charge in [0.25, 0.3) is 0 Å². The summed E-state index contributed by atoms with van der Waals surface area (Å²) in [5, 5.41) is 3.29. The second-order valence-corrected chi connectivity index (χ2v) is 6.96. The molecule has 3 rings (SSSR count). The highest BCUT2D eigenvalue weighted by molar-refractivity contribution is 5.81. The van der Waals surface area contributed by atoms with Crippen molar-refractivity contribution in [2.45, 2.75) is 0 Å². The molecule has 2 aromatic rings. The molecule has 0 aliphatic carbocycles. The van der Waals surface area contributed by atoms with Crippen molar-refractivity contribution >= 4 is 23.4 Å². The average molecular weight is 383 g/mol. The number of allylic oxidation sites excluding steroid dienone is 1. The quantitative estimate of drug-likeness (QED) is 0.632. The maximum Gasteiger partial charge on any atom is 0.169 e. The highest BCUT2D eigenvalue weighted by atomic mass is 19.1. The van der Waals surface area contributed by atoms with E-state index in [4.69, 9.17) is 0 Å². The SMILES string of the molecule is CN(C)c1ccc(/C(=C/C=O)N=c2c(F)cc(N3CCNCC3)cn2C)cc1. The summed E-state index contributed by atoms with van der Waals surface area (Å²) in [5.74, 6) is -0.416. The van der Waals surface area contributed by atoms with E-state index in [-0.39, 0.29) is 5.49 Å². The van der Waals surface area contributed by atoms with Crippen LogP contribution in [0.15, 0.2) is 47.6 Å². The van der Waals surface area contributed by atoms with Crippen LogP contribution in [0.4, 0.5) is 15.8 Å². The molecule has 1 fully saturated rings. The Morgan fingerprint density at radius 2 is 1.89 bits per heavy atom. The van der Waals surface area contributed by atoms with E-state index in [9.17, 15) is 9.18 Å². The molecule has 0 bridgehead atoms. The number of benzene rings is 1. The number of anilines is 2. The number of rotatable bonds is 5. The van der Waals surface area contributed by atoms with Gasteiger partial charge in [-0.25, -0.2) is 9.38 Å². The molecule has 0 saturated carbocycles. The van der Waals surface area contributed by atoms with Gasteiger partial charge in [0.15, 0.2) is 11.3 Å². The predicted octanol–water partition coefficient (Wildman–Crippen LogP) is 1.78. The summed E-state index contributed by atoms with van der Waals surface area (Å²) in [6.45, 7) is 3.44. The number of hydrogen-bond acceptors (Lipinski definition) is 5. The van der Waals surface area contributed by atoms with E-state index in [0.717, 1.165) is 43.1 Å². The third-order valence-corrected chi connectivity index (χ3v) is 4.76. The molecule has 1 aliphatic heterocycles. The molecule has 1 saturated heterocycles. The number of carbonyl (C=O) groups excluding carboxylic acids is 1. The normalized spacial score (nSPS) is 15.6. The Kier molecular flexibility index (Phi) is 6.26. The molecular weight excluding hydrogens is 357 g/mol. The van der Waals surface area contributed by atoms with E-state index in [0.29, 0.717) is 12.0 Å². The monoisotopic (exact) mass is 383 g/mol. The van der Waals surface area contributed by atoms with Crippen molar-refractivity contribution in [2.24, 2.45) is 12.0 Å². The number of halogens is 1. The predicted molar refractivity (Wildman–Crippen MR) is 111 cm³/mol. The zero-order valence-electron chi connectivity index (χ0n) is 16.5. The van der Waals surface area contributed by atoms with Crippen molar-refractivity contribution < 1.29 is 9.18 Å². The lowest BCUT2D eigenvalue weighted by atomic mass is 10.1. The summed E-state index contributed by atoms with van der Waals surface area (Å²) in [6.07, 6.45) is 3.90. The smallest absolute Gasteiger partial charge is 0.169 e. The van der Waals surface area contributed by atoms with Crippen LogP contribution in [0.3, 0.4) is 0 Å². The lowest BCUT2D eigenvalue weighted by molar-refractivity contribution is -0.104. The molecule has 1 aliphatic rings. The molecule has 0 radical (unpaired) electrons. The molecule has 7 heteroatoms. The van der Waals surface area contributed by atoms with Gasteiger partial charge < -0.3 is 19.7 Å². The van der Waals surface area contributed by atoms with E-state index >= 15 is 0 Å². The third-order valence-electron chi connectivity index (χ3n) is 4.76. The van der Waals surface area contributed by atoms with Crippen LogP contribution >= 0.6 is 0 Å². The number of nitrogens with zero attached hydrogens (tertiary/aromatic N) is 4. The van der Waals surface area contributed by atoms with Gasteiger partial charge in [-0.2, -0.15) is 0 Å². The zero-order valence-corrected chi connectivity index (χ0v) is 16.5. The Hall–Kier alpha value is -2.93. The van der Waals surface area contributed by atoms with Gasteiger partial charge in [0, 0.05) is 76.9 Å². The van der Waals surface area contributed by atoms with Crippen molar-refractivity contribution in [2.75, 3.05) is 50.1 Å². The van der Waals surface area contributed by atoms with Gasteiger partial charge in [0.2, 0.25) is 0 Å². The number of hydrogen-bond donors (Lipinski definition) is 1. The van der Waals surface area contributed by atoms with Gasteiger partial charge in [0.1, 0.15) is 6.29 Å². The van der Waals surface area contributed by atoms with Gasteiger partial charge in [0.05, 0.1) is 11.4 Å². The summed E-state index contributed by atoms with van der Waals surface area (Å²) >= 11 is 0. The first-order chi connectivity index (χ1) is 13.5. The molecule has 0 amide bonds. The maximum absolute atomic E-state index is 14.9. The molecule has 148 valence electrons. The fraction of sp³-hybridized carbons (Fsp3) is 0.333. The first-order valence-electron chi connectivity index (χ1n) is 9.29. The molecule has 0 spiro atoms. The fourth-order valence-electron chi connectivity index (χ4n) is 3.19. The van der Waals surface area contributed by atoms with Gasteiger partial charge in [-0.15, -0.1) is 0 Å².